The summed E-state index contributed by atoms with van der Waals surface area (Å²) < 4.78 is 0. The van der Waals surface area contributed by atoms with Crippen molar-refractivity contribution in [1.29, 1.82) is 0 Å². The van der Waals surface area contributed by atoms with Crippen molar-refractivity contribution >= 4 is 23.2 Å². The average molecular weight is 312 g/mol. The zero-order chi connectivity index (χ0) is 14.1. The van der Waals surface area contributed by atoms with Gasteiger partial charge in [0.05, 0.1) is 0 Å². The molecule has 3 atom stereocenters. The van der Waals surface area contributed by atoms with Crippen LogP contribution in [-0.2, 0) is 0 Å². The summed E-state index contributed by atoms with van der Waals surface area (Å²) in [7, 11) is 0. The van der Waals surface area contributed by atoms with Crippen molar-refractivity contribution in [3.8, 4) is 0 Å². The van der Waals surface area contributed by atoms with E-state index in [1.807, 2.05) is 18.2 Å². The van der Waals surface area contributed by atoms with Crippen molar-refractivity contribution in [2.45, 2.75) is 57.5 Å². The van der Waals surface area contributed by atoms with Gasteiger partial charge in [-0.3, -0.25) is 0 Å². The highest BCUT2D eigenvalue weighted by atomic mass is 35.5. The van der Waals surface area contributed by atoms with E-state index in [1.54, 1.807) is 0 Å². The Balaban J connectivity index is 1.61. The first-order valence-electron chi connectivity index (χ1n) is 7.84. The lowest BCUT2D eigenvalue weighted by Gasteiger charge is -2.32. The molecule has 3 rings (SSSR count). The van der Waals surface area contributed by atoms with Crippen LogP contribution in [0.4, 0.5) is 0 Å². The molecule has 0 bridgehead atoms. The van der Waals surface area contributed by atoms with Gasteiger partial charge < -0.3 is 5.32 Å². The highest BCUT2D eigenvalue weighted by Gasteiger charge is 2.34. The van der Waals surface area contributed by atoms with Gasteiger partial charge in [-0.1, -0.05) is 42.1 Å². The molecule has 1 N–H and O–H groups in total. The van der Waals surface area contributed by atoms with E-state index in [9.17, 15) is 0 Å². The van der Waals surface area contributed by atoms with Crippen molar-refractivity contribution in [2.75, 3.05) is 0 Å². The zero-order valence-corrected chi connectivity index (χ0v) is 13.6. The van der Waals surface area contributed by atoms with Crippen LogP contribution in [0.2, 0.25) is 10.0 Å². The van der Waals surface area contributed by atoms with Crippen LogP contribution in [0.3, 0.4) is 0 Å². The topological polar surface area (TPSA) is 12.0 Å². The first kappa shape index (κ1) is 14.7. The van der Waals surface area contributed by atoms with Gasteiger partial charge in [-0.25, -0.2) is 0 Å². The van der Waals surface area contributed by atoms with Crippen molar-refractivity contribution in [1.82, 2.24) is 5.32 Å². The van der Waals surface area contributed by atoms with E-state index in [0.29, 0.717) is 17.1 Å². The SMILES string of the molecule is CC(NC1CCCC(C2CC2)C1)c1ccc(Cl)cc1Cl. The van der Waals surface area contributed by atoms with Gasteiger partial charge in [-0.15, -0.1) is 0 Å². The van der Waals surface area contributed by atoms with Crippen LogP contribution in [0.15, 0.2) is 18.2 Å². The Morgan fingerprint density at radius 3 is 2.60 bits per heavy atom. The molecule has 0 aromatic heterocycles. The monoisotopic (exact) mass is 311 g/mol. The van der Waals surface area contributed by atoms with Gasteiger partial charge in [0, 0.05) is 22.1 Å². The Kier molecular flexibility index (Phi) is 4.59. The van der Waals surface area contributed by atoms with Crippen LogP contribution in [0.25, 0.3) is 0 Å². The fourth-order valence-electron chi connectivity index (χ4n) is 3.67. The standard InChI is InChI=1S/C17H23Cl2N/c1-11(16-8-7-14(18)10-17(16)19)20-15-4-2-3-13(9-15)12-5-6-12/h7-8,10-13,15,20H,2-6,9H2,1H3. The van der Waals surface area contributed by atoms with Gasteiger partial charge >= 0.3 is 0 Å². The number of hydrogen-bond acceptors (Lipinski definition) is 1. The lowest BCUT2D eigenvalue weighted by atomic mass is 9.82. The smallest absolute Gasteiger partial charge is 0.0468 e. The van der Waals surface area contributed by atoms with E-state index in [0.717, 1.165) is 22.4 Å². The van der Waals surface area contributed by atoms with E-state index < -0.39 is 0 Å². The van der Waals surface area contributed by atoms with Gasteiger partial charge in [0.1, 0.15) is 0 Å². The van der Waals surface area contributed by atoms with Crippen molar-refractivity contribution in [3.63, 3.8) is 0 Å². The fraction of sp³-hybridized carbons (Fsp3) is 0.647. The number of benzene rings is 1. The van der Waals surface area contributed by atoms with Gasteiger partial charge in [0.15, 0.2) is 0 Å². The van der Waals surface area contributed by atoms with Gasteiger partial charge in [0.2, 0.25) is 0 Å². The molecule has 2 aliphatic rings. The summed E-state index contributed by atoms with van der Waals surface area (Å²) in [5.74, 6) is 2.00. The molecule has 2 saturated carbocycles. The highest BCUT2D eigenvalue weighted by molar-refractivity contribution is 6.35. The summed E-state index contributed by atoms with van der Waals surface area (Å²) >= 11 is 12.3. The molecule has 0 spiro atoms. The summed E-state index contributed by atoms with van der Waals surface area (Å²) in [6, 6.07) is 6.75. The minimum atomic E-state index is 0.294. The van der Waals surface area contributed by atoms with Gasteiger partial charge in [0.25, 0.3) is 0 Å². The van der Waals surface area contributed by atoms with Crippen LogP contribution in [0, 0.1) is 11.8 Å². The Hall–Kier alpha value is -0.240. The summed E-state index contributed by atoms with van der Waals surface area (Å²) in [6.45, 7) is 2.20. The predicted molar refractivity (Wildman–Crippen MR) is 86.5 cm³/mol. The maximum atomic E-state index is 6.31. The second-order valence-electron chi connectivity index (χ2n) is 6.52. The molecule has 0 heterocycles. The Morgan fingerprint density at radius 2 is 1.90 bits per heavy atom. The molecule has 3 heteroatoms. The van der Waals surface area contributed by atoms with Gasteiger partial charge in [-0.2, -0.15) is 0 Å². The summed E-state index contributed by atoms with van der Waals surface area (Å²) in [6.07, 6.45) is 8.41. The third-order valence-electron chi connectivity index (χ3n) is 4.92. The molecule has 1 aromatic carbocycles. The lowest BCUT2D eigenvalue weighted by Crippen LogP contribution is -2.36. The summed E-state index contributed by atoms with van der Waals surface area (Å²) in [4.78, 5) is 0. The van der Waals surface area contributed by atoms with Gasteiger partial charge in [-0.05, 0) is 62.1 Å². The number of nitrogens with one attached hydrogen (secondary N) is 1. The Morgan fingerprint density at radius 1 is 1.10 bits per heavy atom. The van der Waals surface area contributed by atoms with Crippen LogP contribution < -0.4 is 5.32 Å². The third kappa shape index (κ3) is 3.50. The molecule has 0 aliphatic heterocycles. The lowest BCUT2D eigenvalue weighted by molar-refractivity contribution is 0.249. The molecule has 1 nitrogen and oxygen atoms in total. The highest BCUT2D eigenvalue weighted by Crippen LogP contribution is 2.44. The molecule has 0 amide bonds. The maximum absolute atomic E-state index is 6.31. The maximum Gasteiger partial charge on any atom is 0.0468 e. The minimum absolute atomic E-state index is 0.294. The molecule has 2 aliphatic carbocycles. The van der Waals surface area contributed by atoms with Crippen LogP contribution in [0.5, 0.6) is 0 Å². The molecule has 0 radical (unpaired) electrons. The van der Waals surface area contributed by atoms with E-state index in [4.69, 9.17) is 23.2 Å². The Bertz CT molecular complexity index is 470. The van der Waals surface area contributed by atoms with E-state index >= 15 is 0 Å². The second-order valence-corrected chi connectivity index (χ2v) is 7.36. The van der Waals surface area contributed by atoms with E-state index in [2.05, 4.69) is 12.2 Å². The van der Waals surface area contributed by atoms with E-state index in [-0.39, 0.29) is 0 Å². The minimum Gasteiger partial charge on any atom is -0.307 e. The molecular formula is C17H23Cl2N. The fourth-order valence-corrected chi connectivity index (χ4v) is 4.24. The molecule has 3 unspecified atom stereocenters. The largest absolute Gasteiger partial charge is 0.307 e. The van der Waals surface area contributed by atoms with Crippen LogP contribution in [-0.4, -0.2) is 6.04 Å². The van der Waals surface area contributed by atoms with Crippen molar-refractivity contribution in [2.24, 2.45) is 11.8 Å². The molecule has 20 heavy (non-hydrogen) atoms. The van der Waals surface area contributed by atoms with E-state index in [1.165, 1.54) is 38.5 Å². The molecule has 2 fully saturated rings. The Labute approximate surface area is 132 Å². The quantitative estimate of drug-likeness (QED) is 0.761. The second kappa shape index (κ2) is 6.25. The van der Waals surface area contributed by atoms with Crippen LogP contribution in [0.1, 0.15) is 57.1 Å². The summed E-state index contributed by atoms with van der Waals surface area (Å²) in [5.41, 5.74) is 1.16. The number of rotatable bonds is 4. The van der Waals surface area contributed by atoms with Crippen LogP contribution >= 0.6 is 23.2 Å². The zero-order valence-electron chi connectivity index (χ0n) is 12.0. The van der Waals surface area contributed by atoms with Crippen molar-refractivity contribution < 1.29 is 0 Å². The first-order chi connectivity index (χ1) is 9.63. The first-order valence-corrected chi connectivity index (χ1v) is 8.60. The molecular weight excluding hydrogens is 289 g/mol. The molecule has 1 aromatic rings. The number of halogens is 2. The average Bonchev–Trinajstić information content (AvgIpc) is 3.23. The third-order valence-corrected chi connectivity index (χ3v) is 5.48. The predicted octanol–water partition coefficient (Wildman–Crippen LogP) is 5.61. The number of hydrogen-bond donors (Lipinski definition) is 1. The summed E-state index contributed by atoms with van der Waals surface area (Å²) in [5, 5.41) is 5.26. The molecule has 110 valence electrons. The molecule has 0 saturated heterocycles. The van der Waals surface area contributed by atoms with Crippen molar-refractivity contribution in [3.05, 3.63) is 33.8 Å². The normalized spacial score (nSPS) is 28.4.